The lowest BCUT2D eigenvalue weighted by Crippen LogP contribution is -2.30. The maximum absolute atomic E-state index is 12.2. The van der Waals surface area contributed by atoms with Crippen LogP contribution in [0, 0.1) is 0 Å². The second-order valence-corrected chi connectivity index (χ2v) is 4.59. The second kappa shape index (κ2) is 6.78. The molecule has 3 nitrogen and oxygen atoms in total. The molecular formula is C16H20N2O. The van der Waals surface area contributed by atoms with Crippen molar-refractivity contribution in [2.75, 3.05) is 6.54 Å². The number of nitrogens with zero attached hydrogens (tertiary/aromatic N) is 1. The number of hydrogen-bond donors (Lipinski definition) is 1. The molecule has 0 saturated carbocycles. The first-order valence-electron chi connectivity index (χ1n) is 6.73. The Bertz CT molecular complexity index is 491. The standard InChI is InChI=1S/C16H20N2O/c1-2-18(13-14-7-4-3-5-8-14)16(19)11-10-15-9-6-12-17-15/h3-9,12,17H,2,10-11,13H2,1H3. The first-order chi connectivity index (χ1) is 9.29. The van der Waals surface area contributed by atoms with Crippen LogP contribution in [0.3, 0.4) is 0 Å². The van der Waals surface area contributed by atoms with Crippen LogP contribution < -0.4 is 0 Å². The van der Waals surface area contributed by atoms with Crippen molar-refractivity contribution in [1.29, 1.82) is 0 Å². The van der Waals surface area contributed by atoms with Crippen LogP contribution in [0.2, 0.25) is 0 Å². The number of hydrogen-bond acceptors (Lipinski definition) is 1. The molecule has 0 aliphatic heterocycles. The molecular weight excluding hydrogens is 236 g/mol. The number of aromatic nitrogens is 1. The first kappa shape index (κ1) is 13.4. The summed E-state index contributed by atoms with van der Waals surface area (Å²) in [5.41, 5.74) is 2.29. The first-order valence-corrected chi connectivity index (χ1v) is 6.73. The number of carbonyl (C=O) groups excluding carboxylic acids is 1. The molecule has 0 saturated heterocycles. The van der Waals surface area contributed by atoms with Crippen molar-refractivity contribution in [3.8, 4) is 0 Å². The third kappa shape index (κ3) is 3.98. The van der Waals surface area contributed by atoms with E-state index in [4.69, 9.17) is 0 Å². The van der Waals surface area contributed by atoms with Crippen molar-refractivity contribution in [1.82, 2.24) is 9.88 Å². The quantitative estimate of drug-likeness (QED) is 0.847. The van der Waals surface area contributed by atoms with Gasteiger partial charge in [-0.3, -0.25) is 4.79 Å². The molecule has 3 heteroatoms. The number of rotatable bonds is 6. The summed E-state index contributed by atoms with van der Waals surface area (Å²) in [5, 5.41) is 0. The summed E-state index contributed by atoms with van der Waals surface area (Å²) in [7, 11) is 0. The molecule has 2 rings (SSSR count). The molecule has 19 heavy (non-hydrogen) atoms. The van der Waals surface area contributed by atoms with Crippen molar-refractivity contribution >= 4 is 5.91 Å². The summed E-state index contributed by atoms with van der Waals surface area (Å²) < 4.78 is 0. The fourth-order valence-corrected chi connectivity index (χ4v) is 2.10. The Labute approximate surface area is 114 Å². The van der Waals surface area contributed by atoms with E-state index in [-0.39, 0.29) is 5.91 Å². The van der Waals surface area contributed by atoms with Gasteiger partial charge in [-0.1, -0.05) is 30.3 Å². The highest BCUT2D eigenvalue weighted by molar-refractivity contribution is 5.76. The maximum Gasteiger partial charge on any atom is 0.223 e. The summed E-state index contributed by atoms with van der Waals surface area (Å²) >= 11 is 0. The van der Waals surface area contributed by atoms with Crippen molar-refractivity contribution in [3.63, 3.8) is 0 Å². The van der Waals surface area contributed by atoms with E-state index < -0.39 is 0 Å². The van der Waals surface area contributed by atoms with Gasteiger partial charge in [0, 0.05) is 31.4 Å². The van der Waals surface area contributed by atoms with Crippen LogP contribution >= 0.6 is 0 Å². The van der Waals surface area contributed by atoms with Crippen molar-refractivity contribution in [2.45, 2.75) is 26.3 Å². The van der Waals surface area contributed by atoms with Gasteiger partial charge in [-0.15, -0.1) is 0 Å². The lowest BCUT2D eigenvalue weighted by Gasteiger charge is -2.21. The molecule has 1 aromatic heterocycles. The van der Waals surface area contributed by atoms with Gasteiger partial charge in [0.15, 0.2) is 0 Å². The van der Waals surface area contributed by atoms with E-state index in [0.29, 0.717) is 13.0 Å². The smallest absolute Gasteiger partial charge is 0.223 e. The van der Waals surface area contributed by atoms with Crippen LogP contribution in [-0.2, 0) is 17.8 Å². The molecule has 100 valence electrons. The minimum Gasteiger partial charge on any atom is -0.365 e. The van der Waals surface area contributed by atoms with Gasteiger partial charge in [-0.25, -0.2) is 0 Å². The largest absolute Gasteiger partial charge is 0.365 e. The number of nitrogens with one attached hydrogen (secondary N) is 1. The summed E-state index contributed by atoms with van der Waals surface area (Å²) in [6.45, 7) is 3.47. The predicted molar refractivity (Wildman–Crippen MR) is 76.6 cm³/mol. The SMILES string of the molecule is CCN(Cc1ccccc1)C(=O)CCc1ccc[nH]1. The minimum absolute atomic E-state index is 0.209. The maximum atomic E-state index is 12.2. The molecule has 0 unspecified atom stereocenters. The van der Waals surface area contributed by atoms with Crippen LogP contribution in [0.15, 0.2) is 48.7 Å². The van der Waals surface area contributed by atoms with E-state index in [1.54, 1.807) is 0 Å². The molecule has 0 aliphatic rings. The third-order valence-electron chi connectivity index (χ3n) is 3.22. The molecule has 2 aromatic rings. The Balaban J connectivity index is 1.88. The van der Waals surface area contributed by atoms with E-state index in [1.807, 2.05) is 48.4 Å². The van der Waals surface area contributed by atoms with Gasteiger partial charge in [0.25, 0.3) is 0 Å². The van der Waals surface area contributed by atoms with Gasteiger partial charge >= 0.3 is 0 Å². The van der Waals surface area contributed by atoms with E-state index in [0.717, 1.165) is 18.7 Å². The zero-order valence-corrected chi connectivity index (χ0v) is 11.3. The molecule has 0 radical (unpaired) electrons. The molecule has 1 amide bonds. The Kier molecular flexibility index (Phi) is 4.78. The van der Waals surface area contributed by atoms with Crippen molar-refractivity contribution < 1.29 is 4.79 Å². The Hall–Kier alpha value is -2.03. The zero-order chi connectivity index (χ0) is 13.5. The Morgan fingerprint density at radius 1 is 1.16 bits per heavy atom. The average molecular weight is 256 g/mol. The van der Waals surface area contributed by atoms with Gasteiger partial charge in [0.1, 0.15) is 0 Å². The fraction of sp³-hybridized carbons (Fsp3) is 0.312. The van der Waals surface area contributed by atoms with E-state index in [9.17, 15) is 4.79 Å². The number of aromatic amines is 1. The average Bonchev–Trinajstić information content (AvgIpc) is 2.96. The number of H-pyrrole nitrogens is 1. The molecule has 1 aromatic carbocycles. The van der Waals surface area contributed by atoms with E-state index >= 15 is 0 Å². The summed E-state index contributed by atoms with van der Waals surface area (Å²) in [5.74, 6) is 0.209. The van der Waals surface area contributed by atoms with Gasteiger partial charge in [-0.05, 0) is 31.0 Å². The zero-order valence-electron chi connectivity index (χ0n) is 11.3. The van der Waals surface area contributed by atoms with Crippen LogP contribution in [-0.4, -0.2) is 22.3 Å². The Morgan fingerprint density at radius 3 is 2.58 bits per heavy atom. The lowest BCUT2D eigenvalue weighted by molar-refractivity contribution is -0.131. The molecule has 0 atom stereocenters. The van der Waals surface area contributed by atoms with Crippen molar-refractivity contribution in [2.24, 2.45) is 0 Å². The number of amides is 1. The van der Waals surface area contributed by atoms with Gasteiger partial charge in [0.2, 0.25) is 5.91 Å². The topological polar surface area (TPSA) is 36.1 Å². The van der Waals surface area contributed by atoms with Crippen LogP contribution in [0.4, 0.5) is 0 Å². The summed E-state index contributed by atoms with van der Waals surface area (Å²) in [6.07, 6.45) is 3.22. The van der Waals surface area contributed by atoms with Gasteiger partial charge in [0.05, 0.1) is 0 Å². The predicted octanol–water partition coefficient (Wildman–Crippen LogP) is 3.00. The van der Waals surface area contributed by atoms with Gasteiger partial charge < -0.3 is 9.88 Å². The molecule has 1 N–H and O–H groups in total. The number of aryl methyl sites for hydroxylation is 1. The highest BCUT2D eigenvalue weighted by Crippen LogP contribution is 2.08. The summed E-state index contributed by atoms with van der Waals surface area (Å²) in [6, 6.07) is 14.1. The molecule has 0 spiro atoms. The molecule has 0 bridgehead atoms. The Morgan fingerprint density at radius 2 is 1.95 bits per heavy atom. The van der Waals surface area contributed by atoms with Crippen LogP contribution in [0.5, 0.6) is 0 Å². The van der Waals surface area contributed by atoms with Crippen LogP contribution in [0.25, 0.3) is 0 Å². The second-order valence-electron chi connectivity index (χ2n) is 4.59. The lowest BCUT2D eigenvalue weighted by atomic mass is 10.2. The van der Waals surface area contributed by atoms with Gasteiger partial charge in [-0.2, -0.15) is 0 Å². The van der Waals surface area contributed by atoms with E-state index in [1.165, 1.54) is 5.56 Å². The number of benzene rings is 1. The third-order valence-corrected chi connectivity index (χ3v) is 3.22. The molecule has 0 aliphatic carbocycles. The highest BCUT2D eigenvalue weighted by atomic mass is 16.2. The van der Waals surface area contributed by atoms with E-state index in [2.05, 4.69) is 17.1 Å². The molecule has 0 fully saturated rings. The van der Waals surface area contributed by atoms with Crippen LogP contribution in [0.1, 0.15) is 24.6 Å². The fourth-order valence-electron chi connectivity index (χ4n) is 2.10. The molecule has 1 heterocycles. The summed E-state index contributed by atoms with van der Waals surface area (Å²) in [4.78, 5) is 17.2. The normalized spacial score (nSPS) is 10.4. The monoisotopic (exact) mass is 256 g/mol. The highest BCUT2D eigenvalue weighted by Gasteiger charge is 2.12. The number of carbonyl (C=O) groups is 1. The minimum atomic E-state index is 0.209. The van der Waals surface area contributed by atoms with Crippen molar-refractivity contribution in [3.05, 3.63) is 59.9 Å².